The molecule has 0 radical (unpaired) electrons. The van der Waals surface area contributed by atoms with Crippen molar-refractivity contribution in [1.29, 1.82) is 0 Å². The fourth-order valence-corrected chi connectivity index (χ4v) is 13.4. The minimum Gasteiger partial charge on any atom is -0.456 e. The molecule has 72 heavy (non-hydrogen) atoms. The van der Waals surface area contributed by atoms with Crippen LogP contribution in [0, 0.1) is 90.0 Å². The first kappa shape index (κ1) is 47.0. The molecule has 0 amide bonds. The van der Waals surface area contributed by atoms with Crippen LogP contribution in [0.1, 0.15) is 72.3 Å². The molecule has 0 N–H and O–H groups in total. The minimum absolute atomic E-state index is 0.132. The van der Waals surface area contributed by atoms with Gasteiger partial charge in [-0.2, -0.15) is 0 Å². The third-order valence-corrected chi connectivity index (χ3v) is 16.1. The molecule has 1 heterocycles. The van der Waals surface area contributed by atoms with Crippen molar-refractivity contribution in [1.82, 2.24) is 0 Å². The molecule has 352 valence electrons. The standard InChI is InChI=1S/C69H64B2O/c1-39-29-43(5)66(44(6)30-39)70(67-45(7)31-40(2)32-46(67)8)56-23-17-52(18-24-56)54-21-27-58-51(13)64-60-28-22-55(38-63(60)72-62-16-14-15-59(65(62)64)61(58)37-54)53-19-25-57(26-20-53)71(68-47(9)33-41(3)34-48(68)10)69-49(11)35-42(4)36-50(69)12/h14-38H,1-13H3. The fourth-order valence-electron chi connectivity index (χ4n) is 13.4. The predicted octanol–water partition coefficient (Wildman–Crippen LogP) is 14.1. The summed E-state index contributed by atoms with van der Waals surface area (Å²) in [6.45, 7) is 29.6. The Morgan fingerprint density at radius 3 is 1.10 bits per heavy atom. The van der Waals surface area contributed by atoms with Crippen molar-refractivity contribution in [3.05, 3.63) is 224 Å². The monoisotopic (exact) mass is 931 g/mol. The topological polar surface area (TPSA) is 9.23 Å². The average Bonchev–Trinajstić information content (AvgIpc) is 3.33. The molecule has 0 atom stereocenters. The molecular weight excluding hydrogens is 866 g/mol. The Kier molecular flexibility index (Phi) is 11.8. The summed E-state index contributed by atoms with van der Waals surface area (Å²) >= 11 is 0. The summed E-state index contributed by atoms with van der Waals surface area (Å²) in [6, 6.07) is 57.9. The summed E-state index contributed by atoms with van der Waals surface area (Å²) in [5.41, 5.74) is 32.7. The van der Waals surface area contributed by atoms with Gasteiger partial charge in [0.05, 0.1) is 0 Å². The third kappa shape index (κ3) is 7.99. The van der Waals surface area contributed by atoms with Crippen LogP contribution in [0.25, 0.3) is 54.9 Å². The van der Waals surface area contributed by atoms with Crippen LogP contribution in [0.15, 0.2) is 152 Å². The van der Waals surface area contributed by atoms with Gasteiger partial charge in [0, 0.05) is 16.5 Å². The Balaban J connectivity index is 0.951. The smallest absolute Gasteiger partial charge is 0.242 e. The van der Waals surface area contributed by atoms with Gasteiger partial charge in [0.1, 0.15) is 11.5 Å². The molecule has 0 unspecified atom stereocenters. The second kappa shape index (κ2) is 18.0. The summed E-state index contributed by atoms with van der Waals surface area (Å²) in [5, 5.41) is 4.92. The second-order valence-electron chi connectivity index (χ2n) is 21.6. The van der Waals surface area contributed by atoms with Gasteiger partial charge in [-0.15, -0.1) is 0 Å². The first-order chi connectivity index (χ1) is 34.5. The van der Waals surface area contributed by atoms with Crippen LogP contribution < -0.4 is 37.5 Å². The van der Waals surface area contributed by atoms with Crippen LogP contribution in [-0.2, 0) is 0 Å². The third-order valence-electron chi connectivity index (χ3n) is 16.1. The molecule has 0 saturated heterocycles. The van der Waals surface area contributed by atoms with Gasteiger partial charge in [-0.05, 0) is 158 Å². The molecule has 11 rings (SSSR count). The Bertz CT molecular complexity index is 3650. The average molecular weight is 931 g/mol. The lowest BCUT2D eigenvalue weighted by Crippen LogP contribution is -2.55. The van der Waals surface area contributed by atoms with Crippen molar-refractivity contribution >= 4 is 67.7 Å². The molecule has 0 fully saturated rings. The van der Waals surface area contributed by atoms with Gasteiger partial charge in [0.25, 0.3) is 0 Å². The van der Waals surface area contributed by atoms with E-state index in [2.05, 4.69) is 242 Å². The van der Waals surface area contributed by atoms with E-state index in [0.717, 1.165) is 22.6 Å². The first-order valence-electron chi connectivity index (χ1n) is 25.9. The molecule has 10 aromatic carbocycles. The van der Waals surface area contributed by atoms with E-state index in [-0.39, 0.29) is 13.4 Å². The van der Waals surface area contributed by atoms with Crippen molar-refractivity contribution in [2.24, 2.45) is 0 Å². The van der Waals surface area contributed by atoms with Gasteiger partial charge in [-0.25, -0.2) is 0 Å². The van der Waals surface area contributed by atoms with Gasteiger partial charge in [-0.3, -0.25) is 0 Å². The minimum atomic E-state index is 0.132. The van der Waals surface area contributed by atoms with Gasteiger partial charge in [0.2, 0.25) is 13.4 Å². The molecule has 1 nitrogen and oxygen atoms in total. The maximum atomic E-state index is 6.93. The number of benzene rings is 10. The Morgan fingerprint density at radius 1 is 0.306 bits per heavy atom. The lowest BCUT2D eigenvalue weighted by atomic mass is 9.34. The van der Waals surface area contributed by atoms with E-state index in [0.29, 0.717) is 0 Å². The summed E-state index contributed by atoms with van der Waals surface area (Å²) in [6.07, 6.45) is 0. The van der Waals surface area contributed by atoms with Crippen LogP contribution in [-0.4, -0.2) is 13.4 Å². The zero-order valence-electron chi connectivity index (χ0n) is 44.5. The van der Waals surface area contributed by atoms with Crippen LogP contribution >= 0.6 is 0 Å². The van der Waals surface area contributed by atoms with Crippen LogP contribution in [0.2, 0.25) is 0 Å². The van der Waals surface area contributed by atoms with Gasteiger partial charge < -0.3 is 4.74 Å². The molecular formula is C69H64B2O. The molecule has 1 aliphatic heterocycles. The van der Waals surface area contributed by atoms with Gasteiger partial charge in [0.15, 0.2) is 0 Å². The molecule has 0 bridgehead atoms. The molecule has 0 spiro atoms. The van der Waals surface area contributed by atoms with E-state index in [1.165, 1.54) is 149 Å². The Labute approximate surface area is 429 Å². The first-order valence-corrected chi connectivity index (χ1v) is 25.9. The Hall–Kier alpha value is -7.35. The second-order valence-corrected chi connectivity index (χ2v) is 21.6. The van der Waals surface area contributed by atoms with Gasteiger partial charge >= 0.3 is 0 Å². The lowest BCUT2D eigenvalue weighted by Gasteiger charge is -2.26. The van der Waals surface area contributed by atoms with Crippen molar-refractivity contribution in [3.8, 4) is 44.9 Å². The van der Waals surface area contributed by atoms with E-state index in [9.17, 15) is 0 Å². The van der Waals surface area contributed by atoms with Gasteiger partial charge in [-0.1, -0.05) is 227 Å². The predicted molar refractivity (Wildman–Crippen MR) is 314 cm³/mol. The van der Waals surface area contributed by atoms with E-state index < -0.39 is 0 Å². The summed E-state index contributed by atoms with van der Waals surface area (Å²) in [7, 11) is 0. The van der Waals surface area contributed by atoms with E-state index in [1.54, 1.807) is 0 Å². The molecule has 0 aliphatic carbocycles. The van der Waals surface area contributed by atoms with E-state index in [1.807, 2.05) is 0 Å². The molecule has 0 saturated carbocycles. The maximum Gasteiger partial charge on any atom is 0.242 e. The fraction of sp³-hybridized carbons (Fsp3) is 0.188. The number of hydrogen-bond acceptors (Lipinski definition) is 1. The van der Waals surface area contributed by atoms with E-state index in [4.69, 9.17) is 4.74 Å². The molecule has 10 aromatic rings. The number of rotatable bonds is 8. The highest BCUT2D eigenvalue weighted by Gasteiger charge is 2.31. The highest BCUT2D eigenvalue weighted by Crippen LogP contribution is 2.51. The highest BCUT2D eigenvalue weighted by molar-refractivity contribution is 6.97. The highest BCUT2D eigenvalue weighted by atomic mass is 16.5. The number of aryl methyl sites for hydroxylation is 13. The quantitative estimate of drug-likeness (QED) is 0.109. The Morgan fingerprint density at radius 2 is 0.681 bits per heavy atom. The maximum absolute atomic E-state index is 6.93. The summed E-state index contributed by atoms with van der Waals surface area (Å²) in [5.74, 6) is 1.81. The largest absolute Gasteiger partial charge is 0.456 e. The lowest BCUT2D eigenvalue weighted by molar-refractivity contribution is 0.487. The molecule has 1 aliphatic rings. The SMILES string of the molecule is Cc1cc(C)c(B(c2ccc(-c3ccc4c(c3)Oc3cccc5c3c-4c(C)c3ccc(-c4ccc(B(c6c(C)cc(C)cc6C)c6c(C)cc(C)cc6C)cc4)cc35)cc2)c2c(C)cc(C)cc2C)c(C)c1. The summed E-state index contributed by atoms with van der Waals surface area (Å²) < 4.78 is 6.93. The zero-order chi connectivity index (χ0) is 50.4. The van der Waals surface area contributed by atoms with Crippen molar-refractivity contribution in [2.45, 2.75) is 90.0 Å². The van der Waals surface area contributed by atoms with Crippen LogP contribution in [0.4, 0.5) is 0 Å². The molecule has 3 heteroatoms. The zero-order valence-corrected chi connectivity index (χ0v) is 44.5. The van der Waals surface area contributed by atoms with Crippen molar-refractivity contribution in [2.75, 3.05) is 0 Å². The van der Waals surface area contributed by atoms with Crippen molar-refractivity contribution in [3.63, 3.8) is 0 Å². The normalized spacial score (nSPS) is 11.8. The van der Waals surface area contributed by atoms with Crippen LogP contribution in [0.3, 0.4) is 0 Å². The molecule has 0 aromatic heterocycles. The summed E-state index contributed by atoms with van der Waals surface area (Å²) in [4.78, 5) is 0. The number of hydrogen-bond donors (Lipinski definition) is 0. The van der Waals surface area contributed by atoms with Crippen LogP contribution in [0.5, 0.6) is 11.5 Å². The van der Waals surface area contributed by atoms with Crippen molar-refractivity contribution < 1.29 is 4.74 Å². The van der Waals surface area contributed by atoms with E-state index >= 15 is 0 Å². The number of fused-ring (bicyclic) bond motifs is 4. The number of ether oxygens (including phenoxy) is 1.